The highest BCUT2D eigenvalue weighted by Crippen LogP contribution is 2.33. The summed E-state index contributed by atoms with van der Waals surface area (Å²) < 4.78 is 51.7. The molecule has 0 unspecified atom stereocenters. The number of allylic oxidation sites excluding steroid dienone is 9. The van der Waals surface area contributed by atoms with Gasteiger partial charge < -0.3 is 0 Å². The normalized spacial score (nSPS) is 18.0. The largest absolute Gasteiger partial charge is 0.416 e. The molecule has 104 valence electrons. The summed E-state index contributed by atoms with van der Waals surface area (Å²) in [5.41, 5.74) is -0.0204. The van der Waals surface area contributed by atoms with Crippen molar-refractivity contribution in [1.29, 1.82) is 0 Å². The first kappa shape index (κ1) is 15.5. The van der Waals surface area contributed by atoms with Gasteiger partial charge >= 0.3 is 6.18 Å². The maximum atomic E-state index is 13.2. The van der Waals surface area contributed by atoms with E-state index in [1.54, 1.807) is 13.0 Å². The number of alkyl halides is 3. The highest BCUT2D eigenvalue weighted by molar-refractivity contribution is 5.52. The van der Waals surface area contributed by atoms with Gasteiger partial charge in [0.2, 0.25) is 0 Å². The molecule has 19 heavy (non-hydrogen) atoms. The molecule has 1 aliphatic rings. The van der Waals surface area contributed by atoms with Crippen molar-refractivity contribution >= 4 is 0 Å². The maximum absolute atomic E-state index is 13.2. The van der Waals surface area contributed by atoms with E-state index in [0.717, 1.165) is 6.08 Å². The molecule has 0 bridgehead atoms. The van der Waals surface area contributed by atoms with Gasteiger partial charge in [-0.25, -0.2) is 4.39 Å². The fraction of sp³-hybridized carbons (Fsp3) is 0.333. The summed E-state index contributed by atoms with van der Waals surface area (Å²) >= 11 is 0. The highest BCUT2D eigenvalue weighted by Gasteiger charge is 2.34. The highest BCUT2D eigenvalue weighted by atomic mass is 19.4. The van der Waals surface area contributed by atoms with Crippen LogP contribution in [-0.2, 0) is 0 Å². The Kier molecular flexibility index (Phi) is 4.92. The van der Waals surface area contributed by atoms with Crippen molar-refractivity contribution in [3.8, 4) is 0 Å². The van der Waals surface area contributed by atoms with E-state index in [2.05, 4.69) is 6.58 Å². The summed E-state index contributed by atoms with van der Waals surface area (Å²) in [6.45, 7) is 6.27. The van der Waals surface area contributed by atoms with E-state index in [0.29, 0.717) is 24.0 Å². The summed E-state index contributed by atoms with van der Waals surface area (Å²) in [4.78, 5) is 0. The minimum Gasteiger partial charge on any atom is -0.212 e. The van der Waals surface area contributed by atoms with Gasteiger partial charge in [-0.3, -0.25) is 0 Å². The molecular formula is C15H16F4. The number of hydrogen-bond acceptors (Lipinski definition) is 0. The molecule has 0 fully saturated rings. The zero-order chi connectivity index (χ0) is 14.6. The third-order valence-electron chi connectivity index (χ3n) is 2.77. The van der Waals surface area contributed by atoms with Crippen molar-refractivity contribution in [3.05, 3.63) is 59.0 Å². The Hall–Kier alpha value is -1.58. The minimum atomic E-state index is -4.46. The second kappa shape index (κ2) is 6.04. The van der Waals surface area contributed by atoms with Gasteiger partial charge in [-0.2, -0.15) is 13.2 Å². The van der Waals surface area contributed by atoms with Gasteiger partial charge in [-0.1, -0.05) is 18.7 Å². The molecule has 1 rings (SSSR count). The lowest BCUT2D eigenvalue weighted by Gasteiger charge is -2.15. The molecule has 0 aromatic rings. The molecule has 0 aromatic heterocycles. The van der Waals surface area contributed by atoms with Crippen molar-refractivity contribution in [2.75, 3.05) is 0 Å². The SMILES string of the molecule is C=C(C)/C(=C\C(=CC)C1=CCCC(F)=C1)C(F)(F)F. The fourth-order valence-corrected chi connectivity index (χ4v) is 1.80. The summed E-state index contributed by atoms with van der Waals surface area (Å²) in [7, 11) is 0. The van der Waals surface area contributed by atoms with Crippen LogP contribution in [0.4, 0.5) is 17.6 Å². The van der Waals surface area contributed by atoms with Crippen LogP contribution in [0.15, 0.2) is 59.0 Å². The van der Waals surface area contributed by atoms with Crippen molar-refractivity contribution in [2.45, 2.75) is 32.9 Å². The lowest BCUT2D eigenvalue weighted by atomic mass is 9.95. The first-order valence-corrected chi connectivity index (χ1v) is 5.93. The maximum Gasteiger partial charge on any atom is 0.416 e. The first-order valence-electron chi connectivity index (χ1n) is 5.93. The topological polar surface area (TPSA) is 0 Å². The van der Waals surface area contributed by atoms with Crippen LogP contribution in [-0.4, -0.2) is 6.18 Å². The first-order chi connectivity index (χ1) is 8.75. The summed E-state index contributed by atoms with van der Waals surface area (Å²) in [6.07, 6.45) is 1.91. The Morgan fingerprint density at radius 1 is 1.37 bits per heavy atom. The van der Waals surface area contributed by atoms with E-state index in [4.69, 9.17) is 0 Å². The molecule has 0 amide bonds. The molecule has 0 aliphatic heterocycles. The molecule has 0 saturated carbocycles. The average molecular weight is 272 g/mol. The molecule has 0 atom stereocenters. The second-order valence-electron chi connectivity index (χ2n) is 4.37. The smallest absolute Gasteiger partial charge is 0.212 e. The average Bonchev–Trinajstić information content (AvgIpc) is 2.27. The predicted molar refractivity (Wildman–Crippen MR) is 69.2 cm³/mol. The van der Waals surface area contributed by atoms with Gasteiger partial charge in [0, 0.05) is 6.42 Å². The van der Waals surface area contributed by atoms with Crippen LogP contribution >= 0.6 is 0 Å². The van der Waals surface area contributed by atoms with Crippen molar-refractivity contribution < 1.29 is 17.6 Å². The Morgan fingerprint density at radius 2 is 2.00 bits per heavy atom. The van der Waals surface area contributed by atoms with Crippen LogP contribution in [0, 0.1) is 0 Å². The molecule has 0 aromatic carbocycles. The van der Waals surface area contributed by atoms with E-state index in [-0.39, 0.29) is 11.4 Å². The van der Waals surface area contributed by atoms with Crippen LogP contribution in [0.3, 0.4) is 0 Å². The molecule has 0 N–H and O–H groups in total. The Labute approximate surface area is 110 Å². The van der Waals surface area contributed by atoms with Crippen LogP contribution in [0.25, 0.3) is 0 Å². The van der Waals surface area contributed by atoms with Crippen molar-refractivity contribution in [1.82, 2.24) is 0 Å². The fourth-order valence-electron chi connectivity index (χ4n) is 1.80. The lowest BCUT2D eigenvalue weighted by Crippen LogP contribution is -2.13. The van der Waals surface area contributed by atoms with Crippen LogP contribution in [0.1, 0.15) is 26.7 Å². The number of halogens is 4. The van der Waals surface area contributed by atoms with Gasteiger partial charge in [0.1, 0.15) is 5.83 Å². The third kappa shape index (κ3) is 4.23. The Balaban J connectivity index is 3.18. The third-order valence-corrected chi connectivity index (χ3v) is 2.77. The molecule has 1 aliphatic carbocycles. The van der Waals surface area contributed by atoms with E-state index in [9.17, 15) is 17.6 Å². The molecule has 0 saturated heterocycles. The standard InChI is InChI=1S/C15H16F4/c1-4-11(12-6-5-7-13(16)8-12)9-14(10(2)3)15(17,18)19/h4,6,8-9H,2,5,7H2,1,3H3/b11-4?,14-9+. The molecule has 4 heteroatoms. The molecule has 0 heterocycles. The van der Waals surface area contributed by atoms with E-state index in [1.807, 2.05) is 0 Å². The van der Waals surface area contributed by atoms with E-state index < -0.39 is 11.7 Å². The molecule has 0 radical (unpaired) electrons. The van der Waals surface area contributed by atoms with Gasteiger partial charge in [-0.05, 0) is 49.1 Å². The van der Waals surface area contributed by atoms with Gasteiger partial charge in [0.05, 0.1) is 5.57 Å². The van der Waals surface area contributed by atoms with Gasteiger partial charge in [0.15, 0.2) is 0 Å². The van der Waals surface area contributed by atoms with E-state index >= 15 is 0 Å². The van der Waals surface area contributed by atoms with Crippen LogP contribution in [0.5, 0.6) is 0 Å². The molecule has 0 nitrogen and oxygen atoms in total. The summed E-state index contributed by atoms with van der Waals surface area (Å²) in [6, 6.07) is 0. The van der Waals surface area contributed by atoms with Gasteiger partial charge in [-0.15, -0.1) is 0 Å². The number of hydrogen-bond donors (Lipinski definition) is 0. The predicted octanol–water partition coefficient (Wildman–Crippen LogP) is 5.57. The molecule has 0 spiro atoms. The quantitative estimate of drug-likeness (QED) is 0.465. The zero-order valence-electron chi connectivity index (χ0n) is 10.9. The lowest BCUT2D eigenvalue weighted by molar-refractivity contribution is -0.0892. The van der Waals surface area contributed by atoms with E-state index in [1.165, 1.54) is 19.1 Å². The Bertz CT molecular complexity index is 485. The van der Waals surface area contributed by atoms with Crippen molar-refractivity contribution in [3.63, 3.8) is 0 Å². The summed E-state index contributed by atoms with van der Waals surface area (Å²) in [5, 5.41) is 0. The summed E-state index contributed by atoms with van der Waals surface area (Å²) in [5.74, 6) is -0.311. The van der Waals surface area contributed by atoms with Crippen LogP contribution in [0.2, 0.25) is 0 Å². The van der Waals surface area contributed by atoms with Gasteiger partial charge in [0.25, 0.3) is 0 Å². The minimum absolute atomic E-state index is 0.0623. The number of rotatable bonds is 3. The molecular weight excluding hydrogens is 256 g/mol. The van der Waals surface area contributed by atoms with Crippen molar-refractivity contribution in [2.24, 2.45) is 0 Å². The zero-order valence-corrected chi connectivity index (χ0v) is 10.9. The monoisotopic (exact) mass is 272 g/mol. The Morgan fingerprint density at radius 3 is 2.42 bits per heavy atom. The second-order valence-corrected chi connectivity index (χ2v) is 4.37. The van der Waals surface area contributed by atoms with Crippen LogP contribution < -0.4 is 0 Å².